The van der Waals surface area contributed by atoms with Crippen molar-refractivity contribution in [1.29, 1.82) is 0 Å². The number of nitrogens with one attached hydrogen (secondary N) is 1. The van der Waals surface area contributed by atoms with Crippen molar-refractivity contribution in [2.45, 2.75) is 32.4 Å². The zero-order valence-electron chi connectivity index (χ0n) is 7.58. The van der Waals surface area contributed by atoms with Crippen molar-refractivity contribution < 1.29 is 0 Å². The van der Waals surface area contributed by atoms with Gasteiger partial charge in [0.1, 0.15) is 0 Å². The monoisotopic (exact) mass is 181 g/mol. The van der Waals surface area contributed by atoms with Gasteiger partial charge in [-0.2, -0.15) is 0 Å². The van der Waals surface area contributed by atoms with Gasteiger partial charge in [-0.1, -0.05) is 13.0 Å². The zero-order chi connectivity index (χ0) is 8.55. The number of thiophene rings is 1. The molecule has 1 N–H and O–H groups in total. The second-order valence-corrected chi connectivity index (χ2v) is 4.70. The van der Waals surface area contributed by atoms with Gasteiger partial charge < -0.3 is 5.32 Å². The summed E-state index contributed by atoms with van der Waals surface area (Å²) < 4.78 is 0. The highest BCUT2D eigenvalue weighted by Gasteiger charge is 2.33. The van der Waals surface area contributed by atoms with Crippen LogP contribution in [0.3, 0.4) is 0 Å². The van der Waals surface area contributed by atoms with Crippen LogP contribution in [0.1, 0.15) is 31.2 Å². The molecule has 1 fully saturated rings. The molecule has 0 aliphatic heterocycles. The summed E-state index contributed by atoms with van der Waals surface area (Å²) in [7, 11) is 0. The van der Waals surface area contributed by atoms with Gasteiger partial charge in [0.15, 0.2) is 0 Å². The largest absolute Gasteiger partial charge is 0.306 e. The van der Waals surface area contributed by atoms with Crippen LogP contribution in [0.4, 0.5) is 0 Å². The predicted octanol–water partition coefficient (Wildman–Crippen LogP) is 2.81. The van der Waals surface area contributed by atoms with E-state index in [1.165, 1.54) is 11.3 Å². The van der Waals surface area contributed by atoms with E-state index in [1.54, 1.807) is 0 Å². The van der Waals surface area contributed by atoms with E-state index in [2.05, 4.69) is 36.7 Å². The van der Waals surface area contributed by atoms with Gasteiger partial charge in [-0.3, -0.25) is 0 Å². The molecule has 0 bridgehead atoms. The molecule has 1 aromatic rings. The van der Waals surface area contributed by atoms with Crippen LogP contribution in [0.25, 0.3) is 0 Å². The molecule has 2 heteroatoms. The molecular weight excluding hydrogens is 166 g/mol. The third kappa shape index (κ3) is 1.70. The van der Waals surface area contributed by atoms with Gasteiger partial charge in [-0.05, 0) is 30.7 Å². The molecule has 1 heterocycles. The lowest BCUT2D eigenvalue weighted by atomic mass is 10.2. The third-order valence-electron chi connectivity index (χ3n) is 2.54. The lowest BCUT2D eigenvalue weighted by molar-refractivity contribution is 0.559. The highest BCUT2D eigenvalue weighted by atomic mass is 32.1. The van der Waals surface area contributed by atoms with Gasteiger partial charge >= 0.3 is 0 Å². The normalized spacial score (nSPS) is 30.2. The number of hydrogen-bond acceptors (Lipinski definition) is 2. The van der Waals surface area contributed by atoms with E-state index in [0.29, 0.717) is 6.04 Å². The Morgan fingerprint density at radius 3 is 2.92 bits per heavy atom. The van der Waals surface area contributed by atoms with Crippen LogP contribution in [-0.4, -0.2) is 6.04 Å². The molecule has 0 aromatic carbocycles. The summed E-state index contributed by atoms with van der Waals surface area (Å²) in [6.07, 6.45) is 1.36. The van der Waals surface area contributed by atoms with Crippen LogP contribution < -0.4 is 5.32 Å². The van der Waals surface area contributed by atoms with E-state index in [4.69, 9.17) is 0 Å². The zero-order valence-corrected chi connectivity index (χ0v) is 8.40. The van der Waals surface area contributed by atoms with Crippen LogP contribution >= 0.6 is 11.3 Å². The Morgan fingerprint density at radius 2 is 2.42 bits per heavy atom. The summed E-state index contributed by atoms with van der Waals surface area (Å²) in [4.78, 5) is 1.45. The first-order chi connectivity index (χ1) is 5.77. The molecule has 0 amide bonds. The lowest BCUT2D eigenvalue weighted by Crippen LogP contribution is -2.21. The highest BCUT2D eigenvalue weighted by molar-refractivity contribution is 7.10. The summed E-state index contributed by atoms with van der Waals surface area (Å²) in [6, 6.07) is 5.64. The molecule has 3 atom stereocenters. The Hall–Kier alpha value is -0.340. The van der Waals surface area contributed by atoms with E-state index in [0.717, 1.165) is 12.0 Å². The summed E-state index contributed by atoms with van der Waals surface area (Å²) in [5, 5.41) is 5.76. The van der Waals surface area contributed by atoms with E-state index in [-0.39, 0.29) is 0 Å². The van der Waals surface area contributed by atoms with E-state index >= 15 is 0 Å². The lowest BCUT2D eigenvalue weighted by Gasteiger charge is -2.10. The molecule has 3 unspecified atom stereocenters. The maximum Gasteiger partial charge on any atom is 0.0388 e. The molecule has 0 saturated heterocycles. The molecule has 1 aromatic heterocycles. The average molecular weight is 181 g/mol. The van der Waals surface area contributed by atoms with Crippen LogP contribution in [-0.2, 0) is 0 Å². The summed E-state index contributed by atoms with van der Waals surface area (Å²) >= 11 is 1.84. The van der Waals surface area contributed by atoms with Crippen LogP contribution in [0.2, 0.25) is 0 Å². The summed E-state index contributed by atoms with van der Waals surface area (Å²) in [5.41, 5.74) is 0. The summed E-state index contributed by atoms with van der Waals surface area (Å²) in [6.45, 7) is 4.55. The van der Waals surface area contributed by atoms with Crippen molar-refractivity contribution in [3.8, 4) is 0 Å². The average Bonchev–Trinajstić information content (AvgIpc) is 2.58. The molecule has 1 aliphatic carbocycles. The summed E-state index contributed by atoms with van der Waals surface area (Å²) in [5.74, 6) is 0.896. The Bertz CT molecular complexity index is 242. The molecule has 12 heavy (non-hydrogen) atoms. The standard InChI is InChI=1S/C10H15NS/c1-7-6-9(7)11-8(2)10-4-3-5-12-10/h3-5,7-9,11H,6H2,1-2H3. The molecule has 1 aliphatic rings. The van der Waals surface area contributed by atoms with E-state index in [9.17, 15) is 0 Å². The molecular formula is C10H15NS. The Labute approximate surface area is 77.8 Å². The fourth-order valence-corrected chi connectivity index (χ4v) is 2.24. The minimum atomic E-state index is 0.542. The molecule has 2 rings (SSSR count). The number of rotatable bonds is 3. The first-order valence-electron chi connectivity index (χ1n) is 4.57. The molecule has 1 nitrogen and oxygen atoms in total. The topological polar surface area (TPSA) is 12.0 Å². The smallest absolute Gasteiger partial charge is 0.0388 e. The van der Waals surface area contributed by atoms with Crippen molar-refractivity contribution in [3.63, 3.8) is 0 Å². The molecule has 66 valence electrons. The minimum Gasteiger partial charge on any atom is -0.306 e. The SMILES string of the molecule is CC(NC1CC1C)c1cccs1. The van der Waals surface area contributed by atoms with Gasteiger partial charge in [0, 0.05) is 17.0 Å². The molecule has 0 radical (unpaired) electrons. The van der Waals surface area contributed by atoms with E-state index < -0.39 is 0 Å². The maximum absolute atomic E-state index is 3.62. The third-order valence-corrected chi connectivity index (χ3v) is 3.60. The fraction of sp³-hybridized carbons (Fsp3) is 0.600. The second kappa shape index (κ2) is 3.19. The van der Waals surface area contributed by atoms with Crippen LogP contribution in [0, 0.1) is 5.92 Å². The minimum absolute atomic E-state index is 0.542. The van der Waals surface area contributed by atoms with E-state index in [1.807, 2.05) is 11.3 Å². The second-order valence-electron chi connectivity index (χ2n) is 3.72. The van der Waals surface area contributed by atoms with Crippen molar-refractivity contribution in [2.75, 3.05) is 0 Å². The Morgan fingerprint density at radius 1 is 1.67 bits per heavy atom. The van der Waals surface area contributed by atoms with Crippen LogP contribution in [0.5, 0.6) is 0 Å². The van der Waals surface area contributed by atoms with Gasteiger partial charge in [-0.15, -0.1) is 11.3 Å². The first-order valence-corrected chi connectivity index (χ1v) is 5.45. The quantitative estimate of drug-likeness (QED) is 0.756. The Kier molecular flexibility index (Phi) is 2.20. The van der Waals surface area contributed by atoms with Crippen molar-refractivity contribution in [1.82, 2.24) is 5.32 Å². The van der Waals surface area contributed by atoms with Crippen molar-refractivity contribution in [2.24, 2.45) is 5.92 Å². The Balaban J connectivity index is 1.89. The maximum atomic E-state index is 3.62. The molecule has 1 saturated carbocycles. The highest BCUT2D eigenvalue weighted by Crippen LogP contribution is 2.32. The van der Waals surface area contributed by atoms with Gasteiger partial charge in [0.2, 0.25) is 0 Å². The first kappa shape index (κ1) is 8.27. The van der Waals surface area contributed by atoms with Gasteiger partial charge in [-0.25, -0.2) is 0 Å². The molecule has 0 spiro atoms. The van der Waals surface area contributed by atoms with Gasteiger partial charge in [0.25, 0.3) is 0 Å². The predicted molar refractivity (Wildman–Crippen MR) is 53.4 cm³/mol. The number of hydrogen-bond donors (Lipinski definition) is 1. The van der Waals surface area contributed by atoms with Crippen LogP contribution in [0.15, 0.2) is 17.5 Å². The van der Waals surface area contributed by atoms with Crippen molar-refractivity contribution >= 4 is 11.3 Å². The fourth-order valence-electron chi connectivity index (χ4n) is 1.50. The van der Waals surface area contributed by atoms with Crippen molar-refractivity contribution in [3.05, 3.63) is 22.4 Å². The van der Waals surface area contributed by atoms with Gasteiger partial charge in [0.05, 0.1) is 0 Å².